The molecule has 2 rings (SSSR count). The molecule has 0 aliphatic rings. The Hall–Kier alpha value is -1.27. The lowest BCUT2D eigenvalue weighted by Gasteiger charge is -2.06. The van der Waals surface area contributed by atoms with Gasteiger partial charge in [-0.25, -0.2) is 0 Å². The third-order valence-electron chi connectivity index (χ3n) is 2.93. The van der Waals surface area contributed by atoms with Gasteiger partial charge in [-0.2, -0.15) is 0 Å². The van der Waals surface area contributed by atoms with Crippen LogP contribution >= 0.6 is 11.6 Å². The monoisotopic (exact) mass is 244 g/mol. The van der Waals surface area contributed by atoms with Crippen LogP contribution in [0.2, 0.25) is 5.02 Å². The Labute approximate surface area is 108 Å². The summed E-state index contributed by atoms with van der Waals surface area (Å²) in [6, 6.07) is 16.7. The second-order valence-corrected chi connectivity index (χ2v) is 4.69. The predicted octanol–water partition coefficient (Wildman–Crippen LogP) is 5.35. The Morgan fingerprint density at radius 2 is 1.82 bits per heavy atom. The molecule has 17 heavy (non-hydrogen) atoms. The van der Waals surface area contributed by atoms with E-state index in [0.717, 1.165) is 17.0 Å². The Morgan fingerprint density at radius 3 is 2.59 bits per heavy atom. The molecule has 0 saturated carbocycles. The quantitative estimate of drug-likeness (QED) is 0.680. The van der Waals surface area contributed by atoms with Crippen LogP contribution in [0.3, 0.4) is 0 Å². The summed E-state index contributed by atoms with van der Waals surface area (Å²) in [5.41, 5.74) is 3.72. The molecular weight excluding hydrogens is 228 g/mol. The molecule has 0 saturated heterocycles. The van der Waals surface area contributed by atoms with E-state index in [1.54, 1.807) is 0 Å². The van der Waals surface area contributed by atoms with Crippen molar-refractivity contribution in [2.45, 2.75) is 26.2 Å². The highest BCUT2D eigenvalue weighted by molar-refractivity contribution is 6.33. The minimum Gasteiger partial charge on any atom is -0.0837 e. The molecule has 0 atom stereocenters. The second-order valence-electron chi connectivity index (χ2n) is 4.28. The zero-order chi connectivity index (χ0) is 12.1. The average Bonchev–Trinajstić information content (AvgIpc) is 2.37. The number of unbranched alkanes of at least 4 members (excludes halogenated alkanes) is 1. The van der Waals surface area contributed by atoms with Crippen LogP contribution in [0.5, 0.6) is 0 Å². The molecule has 0 bridgehead atoms. The second kappa shape index (κ2) is 5.88. The fourth-order valence-corrected chi connectivity index (χ4v) is 2.22. The van der Waals surface area contributed by atoms with Gasteiger partial charge in [0.2, 0.25) is 0 Å². The van der Waals surface area contributed by atoms with Gasteiger partial charge in [0, 0.05) is 10.6 Å². The normalized spacial score (nSPS) is 10.5. The SMILES string of the molecule is CCCCc1cccc(-c2ccccc2Cl)c1. The van der Waals surface area contributed by atoms with E-state index in [2.05, 4.69) is 37.3 Å². The van der Waals surface area contributed by atoms with Crippen molar-refractivity contribution in [1.82, 2.24) is 0 Å². The molecule has 2 aromatic rings. The van der Waals surface area contributed by atoms with Crippen LogP contribution in [-0.2, 0) is 6.42 Å². The van der Waals surface area contributed by atoms with Crippen molar-refractivity contribution in [3.05, 3.63) is 59.1 Å². The summed E-state index contributed by atoms with van der Waals surface area (Å²) in [5.74, 6) is 0. The fourth-order valence-electron chi connectivity index (χ4n) is 1.97. The van der Waals surface area contributed by atoms with Gasteiger partial charge in [-0.15, -0.1) is 0 Å². The Morgan fingerprint density at radius 1 is 1.00 bits per heavy atom. The van der Waals surface area contributed by atoms with Gasteiger partial charge in [-0.1, -0.05) is 67.4 Å². The van der Waals surface area contributed by atoms with Crippen molar-refractivity contribution in [3.63, 3.8) is 0 Å². The number of benzene rings is 2. The third-order valence-corrected chi connectivity index (χ3v) is 3.26. The van der Waals surface area contributed by atoms with Gasteiger partial charge in [-0.3, -0.25) is 0 Å². The van der Waals surface area contributed by atoms with Crippen LogP contribution in [-0.4, -0.2) is 0 Å². The summed E-state index contributed by atoms with van der Waals surface area (Å²) in [6.45, 7) is 2.22. The summed E-state index contributed by atoms with van der Waals surface area (Å²) in [6.07, 6.45) is 3.62. The highest BCUT2D eigenvalue weighted by Crippen LogP contribution is 2.28. The Bertz CT molecular complexity index is 488. The van der Waals surface area contributed by atoms with Crippen molar-refractivity contribution >= 4 is 11.6 Å². The van der Waals surface area contributed by atoms with Crippen LogP contribution in [0.1, 0.15) is 25.3 Å². The van der Waals surface area contributed by atoms with E-state index in [-0.39, 0.29) is 0 Å². The lowest BCUT2D eigenvalue weighted by molar-refractivity contribution is 0.795. The molecule has 0 aliphatic heterocycles. The maximum Gasteiger partial charge on any atom is 0.0484 e. The molecule has 88 valence electrons. The minimum absolute atomic E-state index is 0.820. The Kier molecular flexibility index (Phi) is 4.22. The zero-order valence-corrected chi connectivity index (χ0v) is 10.9. The summed E-state index contributed by atoms with van der Waals surface area (Å²) in [7, 11) is 0. The molecule has 0 N–H and O–H groups in total. The fraction of sp³-hybridized carbons (Fsp3) is 0.250. The minimum atomic E-state index is 0.820. The van der Waals surface area contributed by atoms with E-state index in [1.807, 2.05) is 18.2 Å². The van der Waals surface area contributed by atoms with Crippen LogP contribution in [0, 0.1) is 0 Å². The number of hydrogen-bond donors (Lipinski definition) is 0. The van der Waals surface area contributed by atoms with Crippen LogP contribution in [0.25, 0.3) is 11.1 Å². The molecule has 0 fully saturated rings. The molecule has 1 heteroatoms. The topological polar surface area (TPSA) is 0 Å². The van der Waals surface area contributed by atoms with Gasteiger partial charge in [0.25, 0.3) is 0 Å². The van der Waals surface area contributed by atoms with Crippen molar-refractivity contribution in [1.29, 1.82) is 0 Å². The summed E-state index contributed by atoms with van der Waals surface area (Å²) in [5, 5.41) is 0.820. The van der Waals surface area contributed by atoms with E-state index < -0.39 is 0 Å². The maximum absolute atomic E-state index is 6.22. The largest absolute Gasteiger partial charge is 0.0837 e. The molecule has 0 heterocycles. The lowest BCUT2D eigenvalue weighted by Crippen LogP contribution is -1.86. The summed E-state index contributed by atoms with van der Waals surface area (Å²) < 4.78 is 0. The molecule has 0 nitrogen and oxygen atoms in total. The van der Waals surface area contributed by atoms with E-state index in [4.69, 9.17) is 11.6 Å². The van der Waals surface area contributed by atoms with Gasteiger partial charge in [-0.05, 0) is 30.0 Å². The van der Waals surface area contributed by atoms with E-state index in [9.17, 15) is 0 Å². The first-order chi connectivity index (χ1) is 8.31. The van der Waals surface area contributed by atoms with Crippen molar-refractivity contribution in [2.75, 3.05) is 0 Å². The highest BCUT2D eigenvalue weighted by Gasteiger charge is 2.02. The van der Waals surface area contributed by atoms with Crippen LogP contribution < -0.4 is 0 Å². The predicted molar refractivity (Wildman–Crippen MR) is 75.5 cm³/mol. The van der Waals surface area contributed by atoms with Gasteiger partial charge < -0.3 is 0 Å². The number of hydrogen-bond acceptors (Lipinski definition) is 0. The van der Waals surface area contributed by atoms with Crippen LogP contribution in [0.15, 0.2) is 48.5 Å². The van der Waals surface area contributed by atoms with Crippen molar-refractivity contribution in [3.8, 4) is 11.1 Å². The highest BCUT2D eigenvalue weighted by atomic mass is 35.5. The first-order valence-electron chi connectivity index (χ1n) is 6.15. The number of aryl methyl sites for hydroxylation is 1. The van der Waals surface area contributed by atoms with Crippen molar-refractivity contribution in [2.24, 2.45) is 0 Å². The smallest absolute Gasteiger partial charge is 0.0484 e. The Balaban J connectivity index is 2.30. The zero-order valence-electron chi connectivity index (χ0n) is 10.1. The van der Waals surface area contributed by atoms with Gasteiger partial charge in [0.1, 0.15) is 0 Å². The molecule has 0 unspecified atom stereocenters. The molecule has 0 amide bonds. The summed E-state index contributed by atoms with van der Waals surface area (Å²) in [4.78, 5) is 0. The van der Waals surface area contributed by atoms with Crippen molar-refractivity contribution < 1.29 is 0 Å². The third kappa shape index (κ3) is 3.10. The molecular formula is C16H17Cl. The van der Waals surface area contributed by atoms with E-state index in [0.29, 0.717) is 0 Å². The molecule has 0 aliphatic carbocycles. The maximum atomic E-state index is 6.22. The first kappa shape index (κ1) is 12.2. The molecule has 2 aromatic carbocycles. The lowest BCUT2D eigenvalue weighted by atomic mass is 10.0. The van der Waals surface area contributed by atoms with E-state index in [1.165, 1.54) is 24.0 Å². The summed E-state index contributed by atoms with van der Waals surface area (Å²) >= 11 is 6.22. The van der Waals surface area contributed by atoms with E-state index >= 15 is 0 Å². The first-order valence-corrected chi connectivity index (χ1v) is 6.53. The van der Waals surface area contributed by atoms with Gasteiger partial charge in [0.15, 0.2) is 0 Å². The van der Waals surface area contributed by atoms with Crippen LogP contribution in [0.4, 0.5) is 0 Å². The van der Waals surface area contributed by atoms with Gasteiger partial charge >= 0.3 is 0 Å². The average molecular weight is 245 g/mol. The molecule has 0 spiro atoms. The molecule has 0 radical (unpaired) electrons. The molecule has 0 aromatic heterocycles. The standard InChI is InChI=1S/C16H17Cl/c1-2-3-7-13-8-6-9-14(12-13)15-10-4-5-11-16(15)17/h4-6,8-12H,2-3,7H2,1H3. The number of halogens is 1. The number of rotatable bonds is 4. The van der Waals surface area contributed by atoms with Gasteiger partial charge in [0.05, 0.1) is 0 Å².